The second-order valence-electron chi connectivity index (χ2n) is 5.49. The van der Waals surface area contributed by atoms with Crippen LogP contribution in [0.4, 0.5) is 0 Å². The van der Waals surface area contributed by atoms with E-state index in [4.69, 9.17) is 0 Å². The lowest BCUT2D eigenvalue weighted by Gasteiger charge is -2.44. The van der Waals surface area contributed by atoms with Crippen LogP contribution in [0.3, 0.4) is 0 Å². The molecule has 3 fully saturated rings. The van der Waals surface area contributed by atoms with Gasteiger partial charge in [0.2, 0.25) is 0 Å². The van der Waals surface area contributed by atoms with Crippen molar-refractivity contribution in [1.29, 1.82) is 0 Å². The number of hydrogen-bond donors (Lipinski definition) is 0. The molecule has 0 aromatic heterocycles. The maximum atomic E-state index is 2.52. The van der Waals surface area contributed by atoms with Crippen LogP contribution in [0.1, 0.15) is 52.9 Å². The van der Waals surface area contributed by atoms with Crippen LogP contribution in [-0.2, 0) is 0 Å². The van der Waals surface area contributed by atoms with E-state index in [1.165, 1.54) is 32.1 Å². The summed E-state index contributed by atoms with van der Waals surface area (Å²) in [7, 11) is 0. The van der Waals surface area contributed by atoms with Crippen molar-refractivity contribution in [3.63, 3.8) is 0 Å². The molecule has 0 heteroatoms. The summed E-state index contributed by atoms with van der Waals surface area (Å²) in [5.74, 6) is 3.03. The van der Waals surface area contributed by atoms with E-state index in [1.807, 2.05) is 0 Å². The smallest absolute Gasteiger partial charge is 0.0297 e. The molecule has 3 aliphatic carbocycles. The molecule has 3 aliphatic rings. The molecule has 0 nitrogen and oxygen atoms in total. The third-order valence-electron chi connectivity index (χ3n) is 5.04. The summed E-state index contributed by atoms with van der Waals surface area (Å²) in [5, 5.41) is 0. The topological polar surface area (TPSA) is 0 Å². The average Bonchev–Trinajstić information content (AvgIpc) is 2.29. The van der Waals surface area contributed by atoms with E-state index in [9.17, 15) is 0 Å². The predicted molar refractivity (Wildman–Crippen MR) is 53.0 cm³/mol. The standard InChI is InChI=1S/C12H22/c1-9-10(2)12(3)7-4-5-11(9)6-8-12/h9-11H,4-8H2,1-3H3. The molecule has 0 heterocycles. The highest BCUT2D eigenvalue weighted by molar-refractivity contribution is 4.93. The molecule has 3 saturated carbocycles. The number of rotatable bonds is 0. The molecule has 0 aromatic rings. The highest BCUT2D eigenvalue weighted by Gasteiger charge is 2.43. The monoisotopic (exact) mass is 166 g/mol. The summed E-state index contributed by atoms with van der Waals surface area (Å²) in [5.41, 5.74) is 0.701. The van der Waals surface area contributed by atoms with Crippen LogP contribution in [-0.4, -0.2) is 0 Å². The van der Waals surface area contributed by atoms with Gasteiger partial charge in [-0.15, -0.1) is 0 Å². The Labute approximate surface area is 76.7 Å². The molecule has 0 spiro atoms. The van der Waals surface area contributed by atoms with Gasteiger partial charge in [-0.1, -0.05) is 33.6 Å². The van der Waals surface area contributed by atoms with Gasteiger partial charge in [-0.25, -0.2) is 0 Å². The fourth-order valence-electron chi connectivity index (χ4n) is 3.58. The molecule has 0 saturated heterocycles. The Morgan fingerprint density at radius 2 is 1.83 bits per heavy atom. The Bertz CT molecular complexity index is 169. The van der Waals surface area contributed by atoms with E-state index in [2.05, 4.69) is 20.8 Å². The summed E-state index contributed by atoms with van der Waals surface area (Å²) in [6.07, 6.45) is 7.52. The van der Waals surface area contributed by atoms with Crippen LogP contribution < -0.4 is 0 Å². The molecule has 70 valence electrons. The predicted octanol–water partition coefficient (Wildman–Crippen LogP) is 3.86. The van der Waals surface area contributed by atoms with E-state index >= 15 is 0 Å². The van der Waals surface area contributed by atoms with Gasteiger partial charge >= 0.3 is 0 Å². The van der Waals surface area contributed by atoms with Gasteiger partial charge in [0, 0.05) is 0 Å². The fourth-order valence-corrected chi connectivity index (χ4v) is 3.58. The Hall–Kier alpha value is 0. The van der Waals surface area contributed by atoms with Crippen LogP contribution >= 0.6 is 0 Å². The van der Waals surface area contributed by atoms with Crippen LogP contribution in [0.25, 0.3) is 0 Å². The van der Waals surface area contributed by atoms with Crippen LogP contribution in [0.2, 0.25) is 0 Å². The van der Waals surface area contributed by atoms with E-state index in [1.54, 1.807) is 0 Å². The maximum Gasteiger partial charge on any atom is -0.0297 e. The van der Waals surface area contributed by atoms with Crippen LogP contribution in [0, 0.1) is 23.2 Å². The molecule has 0 amide bonds. The van der Waals surface area contributed by atoms with Gasteiger partial charge in [0.15, 0.2) is 0 Å². The molecule has 3 rings (SSSR count). The first-order valence-corrected chi connectivity index (χ1v) is 5.63. The molecule has 4 atom stereocenters. The molecule has 2 bridgehead atoms. The van der Waals surface area contributed by atoms with Crippen molar-refractivity contribution in [2.45, 2.75) is 52.9 Å². The van der Waals surface area contributed by atoms with Gasteiger partial charge in [-0.05, 0) is 42.4 Å². The quantitative estimate of drug-likeness (QED) is 0.512. The van der Waals surface area contributed by atoms with Crippen molar-refractivity contribution in [1.82, 2.24) is 0 Å². The molecule has 4 unspecified atom stereocenters. The summed E-state index contributed by atoms with van der Waals surface area (Å²) < 4.78 is 0. The summed E-state index contributed by atoms with van der Waals surface area (Å²) in [6.45, 7) is 7.50. The summed E-state index contributed by atoms with van der Waals surface area (Å²) in [4.78, 5) is 0. The summed E-state index contributed by atoms with van der Waals surface area (Å²) in [6, 6.07) is 0. The third kappa shape index (κ3) is 1.11. The van der Waals surface area contributed by atoms with Crippen LogP contribution in [0.5, 0.6) is 0 Å². The first-order valence-electron chi connectivity index (χ1n) is 5.63. The fraction of sp³-hybridized carbons (Fsp3) is 1.00. The normalized spacial score (nSPS) is 53.8. The Morgan fingerprint density at radius 1 is 1.08 bits per heavy atom. The highest BCUT2D eigenvalue weighted by Crippen LogP contribution is 2.53. The van der Waals surface area contributed by atoms with Crippen molar-refractivity contribution >= 4 is 0 Å². The molecule has 0 aromatic carbocycles. The van der Waals surface area contributed by atoms with Gasteiger partial charge in [-0.2, -0.15) is 0 Å². The van der Waals surface area contributed by atoms with Crippen LogP contribution in [0.15, 0.2) is 0 Å². The number of hydrogen-bond acceptors (Lipinski definition) is 0. The van der Waals surface area contributed by atoms with Gasteiger partial charge in [0.1, 0.15) is 0 Å². The van der Waals surface area contributed by atoms with Crippen molar-refractivity contribution in [3.05, 3.63) is 0 Å². The van der Waals surface area contributed by atoms with Gasteiger partial charge in [-0.3, -0.25) is 0 Å². The van der Waals surface area contributed by atoms with Gasteiger partial charge in [0.05, 0.1) is 0 Å². The minimum Gasteiger partial charge on any atom is -0.0620 e. The minimum atomic E-state index is 0.701. The van der Waals surface area contributed by atoms with E-state index in [0.717, 1.165) is 17.8 Å². The van der Waals surface area contributed by atoms with Crippen molar-refractivity contribution in [2.75, 3.05) is 0 Å². The largest absolute Gasteiger partial charge is 0.0620 e. The lowest BCUT2D eigenvalue weighted by molar-refractivity contribution is 0.0560. The lowest BCUT2D eigenvalue weighted by Crippen LogP contribution is -2.35. The molecular formula is C12H22. The minimum absolute atomic E-state index is 0.701. The Kier molecular flexibility index (Phi) is 1.97. The summed E-state index contributed by atoms with van der Waals surface area (Å²) >= 11 is 0. The van der Waals surface area contributed by atoms with Gasteiger partial charge in [0.25, 0.3) is 0 Å². The molecule has 0 N–H and O–H groups in total. The zero-order valence-electron chi connectivity index (χ0n) is 8.77. The maximum absolute atomic E-state index is 2.52. The molecular weight excluding hydrogens is 144 g/mol. The van der Waals surface area contributed by atoms with Crippen molar-refractivity contribution in [2.24, 2.45) is 23.2 Å². The first-order chi connectivity index (χ1) is 5.63. The van der Waals surface area contributed by atoms with Crippen molar-refractivity contribution < 1.29 is 0 Å². The molecule has 0 radical (unpaired) electrons. The van der Waals surface area contributed by atoms with Gasteiger partial charge < -0.3 is 0 Å². The van der Waals surface area contributed by atoms with E-state index in [0.29, 0.717) is 5.41 Å². The SMILES string of the molecule is CC1C2CCCC(C)(CC2)C1C. The van der Waals surface area contributed by atoms with Crippen molar-refractivity contribution in [3.8, 4) is 0 Å². The molecule has 12 heavy (non-hydrogen) atoms. The zero-order valence-corrected chi connectivity index (χ0v) is 8.77. The lowest BCUT2D eigenvalue weighted by atomic mass is 9.61. The molecule has 0 aliphatic heterocycles. The second-order valence-corrected chi connectivity index (χ2v) is 5.49. The average molecular weight is 166 g/mol. The Morgan fingerprint density at radius 3 is 2.58 bits per heavy atom. The highest BCUT2D eigenvalue weighted by atomic mass is 14.5. The Balaban J connectivity index is 2.25. The number of fused-ring (bicyclic) bond motifs is 4. The third-order valence-corrected chi connectivity index (χ3v) is 5.04. The first kappa shape index (κ1) is 8.59. The van der Waals surface area contributed by atoms with E-state index in [-0.39, 0.29) is 0 Å². The zero-order chi connectivity index (χ0) is 8.77. The second kappa shape index (κ2) is 2.75. The van der Waals surface area contributed by atoms with E-state index < -0.39 is 0 Å².